The highest BCUT2D eigenvalue weighted by Gasteiger charge is 2.15. The Kier molecular flexibility index (Phi) is 5.17. The minimum Gasteiger partial charge on any atom is -0.497 e. The fourth-order valence-corrected chi connectivity index (χ4v) is 2.16. The van der Waals surface area contributed by atoms with E-state index in [9.17, 15) is 4.79 Å². The van der Waals surface area contributed by atoms with Crippen LogP contribution in [0.3, 0.4) is 0 Å². The van der Waals surface area contributed by atoms with Crippen LogP contribution in [0.15, 0.2) is 53.2 Å². The summed E-state index contributed by atoms with van der Waals surface area (Å²) in [5.74, 6) is 1.67. The molecule has 0 atom stereocenters. The smallest absolute Gasteiger partial charge is 0.294 e. The Morgan fingerprint density at radius 2 is 1.96 bits per heavy atom. The molecule has 0 fully saturated rings. The van der Waals surface area contributed by atoms with Gasteiger partial charge in [0.1, 0.15) is 11.5 Å². The average molecular weight is 353 g/mol. The Bertz CT molecular complexity index is 888. The summed E-state index contributed by atoms with van der Waals surface area (Å²) in [4.78, 5) is 16.4. The van der Waals surface area contributed by atoms with E-state index >= 15 is 0 Å². The van der Waals surface area contributed by atoms with Crippen molar-refractivity contribution in [2.24, 2.45) is 0 Å². The van der Waals surface area contributed by atoms with Gasteiger partial charge >= 0.3 is 0 Å². The van der Waals surface area contributed by atoms with Crippen molar-refractivity contribution in [3.05, 3.63) is 60.1 Å². The number of hydrogen-bond donors (Lipinski definition) is 1. The molecule has 1 N–H and O–H groups in total. The molecule has 0 aliphatic heterocycles. The van der Waals surface area contributed by atoms with Crippen LogP contribution in [0.5, 0.6) is 17.4 Å². The van der Waals surface area contributed by atoms with Crippen LogP contribution < -0.4 is 14.8 Å². The second kappa shape index (κ2) is 7.69. The number of pyridine rings is 1. The third kappa shape index (κ3) is 4.18. The van der Waals surface area contributed by atoms with Crippen LogP contribution in [0.1, 0.15) is 36.0 Å². The molecule has 0 aliphatic rings. The molecule has 0 bridgehead atoms. The van der Waals surface area contributed by atoms with Crippen molar-refractivity contribution in [1.82, 2.24) is 10.1 Å². The molecule has 3 rings (SSSR count). The van der Waals surface area contributed by atoms with E-state index in [0.717, 1.165) is 5.69 Å². The molecule has 7 nitrogen and oxygen atoms in total. The van der Waals surface area contributed by atoms with Gasteiger partial charge in [-0.2, -0.15) is 0 Å². The molecule has 0 spiro atoms. The van der Waals surface area contributed by atoms with Crippen molar-refractivity contribution in [3.63, 3.8) is 0 Å². The monoisotopic (exact) mass is 353 g/mol. The van der Waals surface area contributed by atoms with E-state index in [1.165, 1.54) is 6.20 Å². The largest absolute Gasteiger partial charge is 0.497 e. The molecule has 1 amide bonds. The predicted octanol–water partition coefficient (Wildman–Crippen LogP) is 4.25. The fourth-order valence-electron chi connectivity index (χ4n) is 2.16. The number of nitrogens with one attached hydrogen (secondary N) is 1. The van der Waals surface area contributed by atoms with E-state index in [4.69, 9.17) is 14.0 Å². The number of ether oxygens (including phenoxy) is 2. The molecule has 1 aromatic carbocycles. The first kappa shape index (κ1) is 17.5. The van der Waals surface area contributed by atoms with Crippen molar-refractivity contribution in [1.29, 1.82) is 0 Å². The number of amides is 1. The summed E-state index contributed by atoms with van der Waals surface area (Å²) in [7, 11) is 1.59. The van der Waals surface area contributed by atoms with E-state index in [1.54, 1.807) is 37.4 Å². The third-order valence-electron chi connectivity index (χ3n) is 3.60. The van der Waals surface area contributed by atoms with Crippen LogP contribution in [0.4, 0.5) is 5.69 Å². The molecule has 2 aromatic heterocycles. The zero-order chi connectivity index (χ0) is 18.5. The van der Waals surface area contributed by atoms with Crippen LogP contribution in [0.2, 0.25) is 0 Å². The first-order chi connectivity index (χ1) is 12.5. The maximum atomic E-state index is 12.2. The minimum absolute atomic E-state index is 0.158. The van der Waals surface area contributed by atoms with Gasteiger partial charge in [-0.05, 0) is 24.1 Å². The quantitative estimate of drug-likeness (QED) is 0.713. The number of rotatable bonds is 6. The highest BCUT2D eigenvalue weighted by atomic mass is 16.5. The van der Waals surface area contributed by atoms with Gasteiger partial charge in [-0.25, -0.2) is 4.98 Å². The highest BCUT2D eigenvalue weighted by Crippen LogP contribution is 2.24. The van der Waals surface area contributed by atoms with E-state index in [2.05, 4.69) is 15.5 Å². The maximum Gasteiger partial charge on any atom is 0.294 e. The fraction of sp³-hybridized carbons (Fsp3) is 0.211. The van der Waals surface area contributed by atoms with Crippen molar-refractivity contribution in [3.8, 4) is 17.4 Å². The molecule has 0 unspecified atom stereocenters. The van der Waals surface area contributed by atoms with Gasteiger partial charge in [-0.15, -0.1) is 0 Å². The van der Waals surface area contributed by atoms with E-state index in [1.807, 2.05) is 26.0 Å². The molecule has 0 radical (unpaired) electrons. The number of benzene rings is 1. The first-order valence-corrected chi connectivity index (χ1v) is 8.11. The number of nitrogens with zero attached hydrogens (tertiary/aromatic N) is 2. The molecule has 134 valence electrons. The minimum atomic E-state index is -0.382. The molecule has 7 heteroatoms. The van der Waals surface area contributed by atoms with Gasteiger partial charge in [0.25, 0.3) is 5.91 Å². The Morgan fingerprint density at radius 1 is 1.15 bits per heavy atom. The second-order valence-electron chi connectivity index (χ2n) is 5.89. The molecule has 26 heavy (non-hydrogen) atoms. The molecule has 3 aromatic rings. The van der Waals surface area contributed by atoms with E-state index in [0.29, 0.717) is 23.1 Å². The number of anilines is 1. The summed E-state index contributed by atoms with van der Waals surface area (Å²) in [5, 5.41) is 6.58. The lowest BCUT2D eigenvalue weighted by Gasteiger charge is -2.07. The molecular formula is C19H19N3O4. The molecule has 0 saturated carbocycles. The zero-order valence-corrected chi connectivity index (χ0v) is 14.7. The van der Waals surface area contributed by atoms with Gasteiger partial charge in [0.05, 0.1) is 24.7 Å². The van der Waals surface area contributed by atoms with Crippen molar-refractivity contribution >= 4 is 11.6 Å². The second-order valence-corrected chi connectivity index (χ2v) is 5.89. The Morgan fingerprint density at radius 3 is 2.62 bits per heavy atom. The first-order valence-electron chi connectivity index (χ1n) is 8.11. The molecular weight excluding hydrogens is 334 g/mol. The maximum absolute atomic E-state index is 12.2. The van der Waals surface area contributed by atoms with Gasteiger partial charge in [-0.1, -0.05) is 25.1 Å². The average Bonchev–Trinajstić information content (AvgIpc) is 3.14. The standard InChI is InChI=1S/C19H19N3O4/c1-12(2)16-10-17(26-22-16)19(23)21-13-7-8-18(20-11-13)25-15-6-4-5-14(9-15)24-3/h4-12H,1-3H3,(H,21,23). The lowest BCUT2D eigenvalue weighted by atomic mass is 10.1. The predicted molar refractivity (Wildman–Crippen MR) is 95.9 cm³/mol. The van der Waals surface area contributed by atoms with E-state index in [-0.39, 0.29) is 17.6 Å². The SMILES string of the molecule is COc1cccc(Oc2ccc(NC(=O)c3cc(C(C)C)no3)cn2)c1. The van der Waals surface area contributed by atoms with Crippen LogP contribution in [0, 0.1) is 0 Å². The Hall–Kier alpha value is -3.35. The summed E-state index contributed by atoms with van der Waals surface area (Å²) in [6.07, 6.45) is 1.51. The Labute approximate surface area is 150 Å². The van der Waals surface area contributed by atoms with E-state index < -0.39 is 0 Å². The van der Waals surface area contributed by atoms with Gasteiger partial charge in [-0.3, -0.25) is 4.79 Å². The van der Waals surface area contributed by atoms with Gasteiger partial charge in [0, 0.05) is 18.2 Å². The lowest BCUT2D eigenvalue weighted by molar-refractivity contribution is 0.0987. The van der Waals surface area contributed by atoms with Crippen molar-refractivity contribution < 1.29 is 18.8 Å². The summed E-state index contributed by atoms with van der Waals surface area (Å²) in [6, 6.07) is 12.2. The van der Waals surface area contributed by atoms with Crippen molar-refractivity contribution in [2.45, 2.75) is 19.8 Å². The van der Waals surface area contributed by atoms with Crippen LogP contribution >= 0.6 is 0 Å². The van der Waals surface area contributed by atoms with Crippen LogP contribution in [-0.2, 0) is 0 Å². The number of aromatic nitrogens is 2. The summed E-state index contributed by atoms with van der Waals surface area (Å²) in [6.45, 7) is 3.95. The van der Waals surface area contributed by atoms with Crippen molar-refractivity contribution in [2.75, 3.05) is 12.4 Å². The topological polar surface area (TPSA) is 86.5 Å². The number of hydrogen-bond acceptors (Lipinski definition) is 6. The zero-order valence-electron chi connectivity index (χ0n) is 14.7. The number of methoxy groups -OCH3 is 1. The van der Waals surface area contributed by atoms with Gasteiger partial charge in [0.15, 0.2) is 0 Å². The summed E-state index contributed by atoms with van der Waals surface area (Å²) < 4.78 is 15.9. The third-order valence-corrected chi connectivity index (χ3v) is 3.60. The van der Waals surface area contributed by atoms with Gasteiger partial charge in [0.2, 0.25) is 11.6 Å². The molecule has 0 saturated heterocycles. The summed E-state index contributed by atoms with van der Waals surface area (Å²) >= 11 is 0. The highest BCUT2D eigenvalue weighted by molar-refractivity contribution is 6.02. The van der Waals surface area contributed by atoms with Crippen LogP contribution in [-0.4, -0.2) is 23.2 Å². The number of carbonyl (C=O) groups excluding carboxylic acids is 1. The Balaban J connectivity index is 1.64. The summed E-state index contributed by atoms with van der Waals surface area (Å²) in [5.41, 5.74) is 1.26. The van der Waals surface area contributed by atoms with Gasteiger partial charge < -0.3 is 19.3 Å². The number of carbonyl (C=O) groups is 1. The molecule has 2 heterocycles. The lowest BCUT2D eigenvalue weighted by Crippen LogP contribution is -2.11. The molecule has 0 aliphatic carbocycles. The van der Waals surface area contributed by atoms with Crippen LogP contribution in [0.25, 0.3) is 0 Å². The normalized spacial score (nSPS) is 10.6.